The van der Waals surface area contributed by atoms with E-state index >= 15 is 0 Å². The number of benzene rings is 1. The predicted molar refractivity (Wildman–Crippen MR) is 76.1 cm³/mol. The van der Waals surface area contributed by atoms with Gasteiger partial charge in [0, 0.05) is 0 Å². The van der Waals surface area contributed by atoms with Crippen molar-refractivity contribution < 1.29 is 18.9 Å². The molecule has 0 unspecified atom stereocenters. The number of hydrogen-bond acceptors (Lipinski definition) is 0. The third kappa shape index (κ3) is 7.26. The van der Waals surface area contributed by atoms with Gasteiger partial charge >= 0.3 is 18.9 Å². The first-order valence-corrected chi connectivity index (χ1v) is 5.73. The monoisotopic (exact) mass is 222 g/mol. The number of allylic oxidation sites excluding steroid dienone is 2. The minimum absolute atomic E-state index is 0. The second-order valence-electron chi connectivity index (χ2n) is 3.92. The summed E-state index contributed by atoms with van der Waals surface area (Å²) in [5.41, 5.74) is 4.58. The molecule has 1 aromatic rings. The van der Waals surface area contributed by atoms with Crippen LogP contribution in [-0.4, -0.2) is 0 Å². The molecule has 0 aliphatic carbocycles. The normalized spacial score (nSPS) is 8.47. The van der Waals surface area contributed by atoms with Gasteiger partial charge in [0.1, 0.15) is 0 Å². The van der Waals surface area contributed by atoms with Crippen molar-refractivity contribution in [3.8, 4) is 0 Å². The van der Waals surface area contributed by atoms with E-state index in [0.717, 1.165) is 11.1 Å². The Morgan fingerprint density at radius 2 is 1.35 bits per heavy atom. The average molecular weight is 222 g/mol. The Morgan fingerprint density at radius 1 is 1.06 bits per heavy atom. The molecule has 0 aliphatic rings. The van der Waals surface area contributed by atoms with Gasteiger partial charge in [-0.2, -0.15) is 13.3 Å². The fourth-order valence-corrected chi connectivity index (χ4v) is 1.23. The molecule has 0 saturated carbocycles. The van der Waals surface area contributed by atoms with E-state index in [1.807, 2.05) is 26.0 Å². The van der Waals surface area contributed by atoms with E-state index in [9.17, 15) is 0 Å². The Labute approximate surface area is 119 Å². The van der Waals surface area contributed by atoms with Crippen molar-refractivity contribution in [2.45, 2.75) is 34.1 Å². The second kappa shape index (κ2) is 10.5. The van der Waals surface area contributed by atoms with Crippen LogP contribution in [0.3, 0.4) is 0 Å². The van der Waals surface area contributed by atoms with Gasteiger partial charge in [0.2, 0.25) is 0 Å². The summed E-state index contributed by atoms with van der Waals surface area (Å²) in [6, 6.07) is 8.20. The first kappa shape index (κ1) is 18.7. The summed E-state index contributed by atoms with van der Waals surface area (Å²) in [4.78, 5) is 0. The van der Waals surface area contributed by atoms with E-state index in [2.05, 4.69) is 45.6 Å². The van der Waals surface area contributed by atoms with Gasteiger partial charge in [0.05, 0.1) is 0 Å². The zero-order valence-electron chi connectivity index (χ0n) is 12.0. The third-order valence-electron chi connectivity index (χ3n) is 2.25. The van der Waals surface area contributed by atoms with Crippen LogP contribution >= 0.6 is 0 Å². The van der Waals surface area contributed by atoms with Crippen LogP contribution in [0.1, 0.15) is 45.2 Å². The van der Waals surface area contributed by atoms with Gasteiger partial charge in [0.25, 0.3) is 0 Å². The predicted octanol–water partition coefficient (Wildman–Crippen LogP) is 2.38. The van der Waals surface area contributed by atoms with Gasteiger partial charge in [-0.15, -0.1) is 0 Å². The molecule has 1 aromatic carbocycles. The van der Waals surface area contributed by atoms with Gasteiger partial charge < -0.3 is 6.42 Å². The summed E-state index contributed by atoms with van der Waals surface area (Å²) in [6.45, 7) is 16.1. The van der Waals surface area contributed by atoms with Crippen LogP contribution in [0.15, 0.2) is 37.4 Å². The molecule has 0 radical (unpaired) electrons. The Balaban J connectivity index is 0. The quantitative estimate of drug-likeness (QED) is 0.544. The van der Waals surface area contributed by atoms with E-state index in [1.165, 1.54) is 17.5 Å². The summed E-state index contributed by atoms with van der Waals surface area (Å²) in [5.74, 6) is 0. The van der Waals surface area contributed by atoms with Gasteiger partial charge in [-0.05, 0) is 25.0 Å². The summed E-state index contributed by atoms with van der Waals surface area (Å²) in [5, 5.41) is 0. The maximum absolute atomic E-state index is 3.93. The van der Waals surface area contributed by atoms with Gasteiger partial charge in [-0.25, -0.2) is 0 Å². The van der Waals surface area contributed by atoms with Gasteiger partial charge in [-0.3, -0.25) is 0 Å². The molecule has 17 heavy (non-hydrogen) atoms. The van der Waals surface area contributed by atoms with Crippen molar-refractivity contribution >= 4 is 11.1 Å². The van der Waals surface area contributed by atoms with Crippen LogP contribution in [0.25, 0.3) is 11.1 Å². The van der Waals surface area contributed by atoms with Crippen molar-refractivity contribution in [2.75, 3.05) is 0 Å². The topological polar surface area (TPSA) is 0 Å². The third-order valence-corrected chi connectivity index (χ3v) is 2.25. The summed E-state index contributed by atoms with van der Waals surface area (Å²) >= 11 is 0. The first-order valence-electron chi connectivity index (χ1n) is 5.73. The van der Waals surface area contributed by atoms with Crippen molar-refractivity contribution in [3.05, 3.63) is 55.0 Å². The van der Waals surface area contributed by atoms with Crippen LogP contribution in [0.5, 0.6) is 0 Å². The first-order chi connectivity index (χ1) is 7.54. The number of rotatable bonds is 3. The molecule has 0 aliphatic heterocycles. The van der Waals surface area contributed by atoms with Crippen LogP contribution in [-0.2, 0) is 0 Å². The SMILES string of the molecule is C=C(C)c1ccccc1C(=C)C.C[CH-]CC.[Li+]. The smallest absolute Gasteiger partial charge is 0.332 e. The molecular weight excluding hydrogens is 199 g/mol. The van der Waals surface area contributed by atoms with E-state index in [-0.39, 0.29) is 18.9 Å². The Bertz CT molecular complexity index is 315. The second-order valence-corrected chi connectivity index (χ2v) is 3.92. The van der Waals surface area contributed by atoms with Crippen LogP contribution in [0, 0.1) is 6.42 Å². The maximum Gasteiger partial charge on any atom is 1.00 e. The van der Waals surface area contributed by atoms with Gasteiger partial charge in [-0.1, -0.05) is 55.5 Å². The van der Waals surface area contributed by atoms with Crippen molar-refractivity contribution in [3.63, 3.8) is 0 Å². The van der Waals surface area contributed by atoms with Gasteiger partial charge in [0.15, 0.2) is 0 Å². The van der Waals surface area contributed by atoms with Crippen molar-refractivity contribution in [1.29, 1.82) is 0 Å². The molecule has 0 saturated heterocycles. The molecule has 88 valence electrons. The Hall–Kier alpha value is -0.703. The Kier molecular flexibility index (Phi) is 11.5. The molecule has 0 N–H and O–H groups in total. The molecule has 1 rings (SSSR count). The molecule has 0 aromatic heterocycles. The van der Waals surface area contributed by atoms with Crippen LogP contribution < -0.4 is 18.9 Å². The fourth-order valence-electron chi connectivity index (χ4n) is 1.23. The molecule has 0 atom stereocenters. The zero-order chi connectivity index (χ0) is 12.6. The standard InChI is InChI=1S/C12H14.C4H9.Li/c1-9(2)11-7-5-6-8-12(11)10(3)4;1-3-4-2;/h5-8H,1,3H2,2,4H3;3H,4H2,1-2H3;/q;-1;+1. The average Bonchev–Trinajstić information content (AvgIpc) is 2.29. The zero-order valence-corrected chi connectivity index (χ0v) is 12.0. The number of unbranched alkanes of at least 4 members (excludes halogenated alkanes) is 1. The van der Waals surface area contributed by atoms with E-state index in [0.29, 0.717) is 0 Å². The molecule has 0 fully saturated rings. The fraction of sp³-hybridized carbons (Fsp3) is 0.312. The minimum atomic E-state index is 0. The Morgan fingerprint density at radius 3 is 1.53 bits per heavy atom. The van der Waals surface area contributed by atoms with Crippen LogP contribution in [0.2, 0.25) is 0 Å². The molecule has 0 spiro atoms. The largest absolute Gasteiger partial charge is 1.00 e. The molecule has 0 amide bonds. The van der Waals surface area contributed by atoms with Crippen molar-refractivity contribution in [1.82, 2.24) is 0 Å². The maximum atomic E-state index is 3.93. The summed E-state index contributed by atoms with van der Waals surface area (Å²) < 4.78 is 0. The molecule has 1 heteroatoms. The van der Waals surface area contributed by atoms with E-state index in [4.69, 9.17) is 0 Å². The molecule has 0 nitrogen and oxygen atoms in total. The summed E-state index contributed by atoms with van der Waals surface area (Å²) in [7, 11) is 0. The van der Waals surface area contributed by atoms with E-state index in [1.54, 1.807) is 0 Å². The minimum Gasteiger partial charge on any atom is -0.332 e. The van der Waals surface area contributed by atoms with E-state index < -0.39 is 0 Å². The summed E-state index contributed by atoms with van der Waals surface area (Å²) in [6.07, 6.45) is 3.32. The van der Waals surface area contributed by atoms with Crippen molar-refractivity contribution in [2.24, 2.45) is 0 Å². The number of hydrogen-bond donors (Lipinski definition) is 0. The molecule has 0 bridgehead atoms. The molecule has 0 heterocycles. The van der Waals surface area contributed by atoms with Crippen LogP contribution in [0.4, 0.5) is 0 Å². The molecular formula is C16H23Li.